The number of aromatic amines is 2. The molecule has 2 fully saturated rings. The van der Waals surface area contributed by atoms with Gasteiger partial charge in [0, 0.05) is 24.5 Å². The molecule has 16 nitrogen and oxygen atoms in total. The predicted octanol–water partition coefficient (Wildman–Crippen LogP) is -4.44. The summed E-state index contributed by atoms with van der Waals surface area (Å²) in [5.74, 6) is -4.87. The summed E-state index contributed by atoms with van der Waals surface area (Å²) in [5, 5.41) is 66.0. The third-order valence-electron chi connectivity index (χ3n) is 6.16. The molecule has 2 aliphatic heterocycles. The molecule has 2 aromatic rings. The fourth-order valence-corrected chi connectivity index (χ4v) is 4.19. The number of nitrogens with one attached hydrogen (secondary N) is 2. The van der Waals surface area contributed by atoms with Crippen LogP contribution in [0.1, 0.15) is 12.5 Å². The number of nitrogens with zero attached hydrogens (tertiary/aromatic N) is 2. The second kappa shape index (κ2) is 9.65. The van der Waals surface area contributed by atoms with Crippen LogP contribution in [0.15, 0.2) is 43.7 Å². The Morgan fingerprint density at radius 3 is 1.41 bits per heavy atom. The average molecular weight is 534 g/mol. The van der Waals surface area contributed by atoms with E-state index in [9.17, 15) is 49.8 Å². The van der Waals surface area contributed by atoms with Crippen LogP contribution in [-0.2, 0) is 19.7 Å². The van der Waals surface area contributed by atoms with Crippen molar-refractivity contribution in [3.63, 3.8) is 0 Å². The number of alkyl halides is 2. The van der Waals surface area contributed by atoms with Gasteiger partial charge in [0.15, 0.2) is 24.7 Å². The lowest BCUT2D eigenvalue weighted by atomic mass is 9.92. The Hall–Kier alpha value is -3.10. The van der Waals surface area contributed by atoms with Gasteiger partial charge in [-0.05, 0) is 0 Å². The topological polar surface area (TPSA) is 249 Å². The fourth-order valence-electron chi connectivity index (χ4n) is 4.19. The number of aromatic nitrogens is 4. The molecule has 0 saturated carbocycles. The molecule has 202 valence electrons. The normalized spacial score (nSPS) is 33.9. The van der Waals surface area contributed by atoms with Gasteiger partial charge < -0.3 is 29.9 Å². The van der Waals surface area contributed by atoms with E-state index >= 15 is 8.78 Å². The first-order chi connectivity index (χ1) is 17.2. The molecule has 2 aromatic heterocycles. The molecule has 0 spiro atoms. The Bertz CT molecular complexity index is 1270. The number of aliphatic hydroxyl groups is 4. The van der Waals surface area contributed by atoms with Crippen LogP contribution < -0.4 is 22.5 Å². The summed E-state index contributed by atoms with van der Waals surface area (Å²) < 4.78 is 41.1. The summed E-state index contributed by atoms with van der Waals surface area (Å²) in [6.45, 7) is 0. The van der Waals surface area contributed by atoms with Gasteiger partial charge in [0.25, 0.3) is 11.1 Å². The van der Waals surface area contributed by atoms with Crippen molar-refractivity contribution < 1.29 is 48.9 Å². The number of rotatable bonds is 6. The van der Waals surface area contributed by atoms with E-state index in [0.717, 1.165) is 24.5 Å². The van der Waals surface area contributed by atoms with Gasteiger partial charge in [0.05, 0.1) is 0 Å². The molecule has 6 N–H and O–H groups in total. The van der Waals surface area contributed by atoms with Gasteiger partial charge in [-0.2, -0.15) is 0 Å². The molecule has 37 heavy (non-hydrogen) atoms. The molecule has 10 atom stereocenters. The van der Waals surface area contributed by atoms with Gasteiger partial charge in [-0.25, -0.2) is 28.6 Å². The Balaban J connectivity index is 1.56. The van der Waals surface area contributed by atoms with Crippen LogP contribution in [-0.4, -0.2) is 94.3 Å². The second-order valence-electron chi connectivity index (χ2n) is 8.50. The monoisotopic (exact) mass is 534 g/mol. The van der Waals surface area contributed by atoms with Crippen molar-refractivity contribution in [3.8, 4) is 0 Å². The summed E-state index contributed by atoms with van der Waals surface area (Å²) in [6, 6.07) is 1.64. The highest BCUT2D eigenvalue weighted by molar-refractivity contribution is 5.04. The lowest BCUT2D eigenvalue weighted by Crippen LogP contribution is -2.57. The molecule has 2 aliphatic rings. The standard InChI is InChI=1S/C19H20F2N4O12/c20-19(21,13(32)11-7(28)9(30)15(36-11)24-3-1-5(26)22-17(24)34)14(33)12-8(29)10(31)16(37-12)25-4-2-6(27)23-18(25)35/h1-4,7-16,28-31H,(H,22,26,34)(H,23,27,35)/t7-,8-,9+,10+,11-,12-,13?,14?,15+,16+/m0/s1. The third kappa shape index (κ3) is 4.57. The highest BCUT2D eigenvalue weighted by Crippen LogP contribution is 2.41. The number of hydrogen-bond acceptors (Lipinski definition) is 10. The van der Waals surface area contributed by atoms with E-state index in [1.54, 1.807) is 9.97 Å². The molecule has 18 heteroatoms. The predicted molar refractivity (Wildman–Crippen MR) is 108 cm³/mol. The van der Waals surface area contributed by atoms with Crippen LogP contribution in [0.2, 0.25) is 0 Å². The minimum absolute atomic E-state index is 0.529. The first kappa shape index (κ1) is 26.9. The summed E-state index contributed by atoms with van der Waals surface area (Å²) in [7, 11) is 0. The summed E-state index contributed by atoms with van der Waals surface area (Å²) >= 11 is 0. The zero-order valence-corrected chi connectivity index (χ0v) is 18.3. The van der Waals surface area contributed by atoms with E-state index in [1.165, 1.54) is 0 Å². The smallest absolute Gasteiger partial charge is 0.330 e. The Morgan fingerprint density at radius 1 is 0.730 bits per heavy atom. The van der Waals surface area contributed by atoms with E-state index in [2.05, 4.69) is 0 Å². The molecule has 2 saturated heterocycles. The number of ether oxygens (including phenoxy) is 2. The van der Waals surface area contributed by atoms with Gasteiger partial charge in [0.2, 0.25) is 0 Å². The number of H-pyrrole nitrogens is 2. The lowest BCUT2D eigenvalue weighted by Gasteiger charge is -2.32. The largest absolute Gasteiger partial charge is 0.387 e. The first-order valence-corrected chi connectivity index (χ1v) is 10.6. The molecule has 0 amide bonds. The van der Waals surface area contributed by atoms with Crippen molar-refractivity contribution >= 4 is 0 Å². The Labute approximate surface area is 202 Å². The third-order valence-corrected chi connectivity index (χ3v) is 6.16. The van der Waals surface area contributed by atoms with Crippen molar-refractivity contribution in [2.24, 2.45) is 0 Å². The van der Waals surface area contributed by atoms with Gasteiger partial charge in [-0.15, -0.1) is 0 Å². The van der Waals surface area contributed by atoms with E-state index < -0.39 is 89.7 Å². The Morgan fingerprint density at radius 2 is 1.08 bits per heavy atom. The maximum absolute atomic E-state index is 15.0. The van der Waals surface area contributed by atoms with E-state index in [0.29, 0.717) is 9.13 Å². The van der Waals surface area contributed by atoms with Gasteiger partial charge >= 0.3 is 17.3 Å². The number of halogens is 2. The molecule has 2 radical (unpaired) electrons. The lowest BCUT2D eigenvalue weighted by molar-refractivity contribution is -0.274. The maximum Gasteiger partial charge on any atom is 0.330 e. The summed E-state index contributed by atoms with van der Waals surface area (Å²) in [4.78, 5) is 49.9. The van der Waals surface area contributed by atoms with Crippen LogP contribution in [0.4, 0.5) is 8.78 Å². The zero-order chi connectivity index (χ0) is 27.4. The molecule has 0 aliphatic carbocycles. The van der Waals surface area contributed by atoms with Crippen molar-refractivity contribution in [1.82, 2.24) is 19.1 Å². The van der Waals surface area contributed by atoms with Crippen LogP contribution in [0.5, 0.6) is 0 Å². The minimum atomic E-state index is -4.87. The van der Waals surface area contributed by atoms with Gasteiger partial charge in [0.1, 0.15) is 36.6 Å². The van der Waals surface area contributed by atoms with Crippen LogP contribution in [0, 0.1) is 0 Å². The molecule has 0 bridgehead atoms. The van der Waals surface area contributed by atoms with Crippen LogP contribution >= 0.6 is 0 Å². The average Bonchev–Trinajstić information content (AvgIpc) is 3.28. The highest BCUT2D eigenvalue weighted by atomic mass is 19.3. The van der Waals surface area contributed by atoms with E-state index in [-0.39, 0.29) is 0 Å². The Kier molecular flexibility index (Phi) is 7.03. The van der Waals surface area contributed by atoms with E-state index in [4.69, 9.17) is 9.47 Å². The minimum Gasteiger partial charge on any atom is -0.387 e. The van der Waals surface area contributed by atoms with Gasteiger partial charge in [-0.1, -0.05) is 0 Å². The highest BCUT2D eigenvalue weighted by Gasteiger charge is 2.63. The fraction of sp³-hybridized carbons (Fsp3) is 0.579. The molecule has 4 heterocycles. The molecule has 0 aromatic carbocycles. The van der Waals surface area contributed by atoms with Crippen LogP contribution in [0.25, 0.3) is 0 Å². The quantitative estimate of drug-likeness (QED) is 0.207. The number of aliphatic hydroxyl groups excluding tert-OH is 4. The maximum atomic E-state index is 15.0. The first-order valence-electron chi connectivity index (χ1n) is 10.6. The van der Waals surface area contributed by atoms with Crippen molar-refractivity contribution in [1.29, 1.82) is 0 Å². The summed E-state index contributed by atoms with van der Waals surface area (Å²) in [5.41, 5.74) is -3.98. The summed E-state index contributed by atoms with van der Waals surface area (Å²) in [6.07, 6.45) is -22.6. The van der Waals surface area contributed by atoms with Crippen molar-refractivity contribution in [2.75, 3.05) is 0 Å². The SMILES string of the molecule is [O]C([C@H]1O[C@@H](n2ccc(=O)[nH]c2=O)[C@H](O)[C@@H]1O)C(F)(F)C([O])[C@H]1O[C@@H](n2ccc(=O)[nH]c2=O)[C@H](O)[C@@H]1O. The molecule has 2 unspecified atom stereocenters. The zero-order valence-electron chi connectivity index (χ0n) is 18.3. The van der Waals surface area contributed by atoms with Crippen LogP contribution in [0.3, 0.4) is 0 Å². The second-order valence-corrected chi connectivity index (χ2v) is 8.50. The van der Waals surface area contributed by atoms with E-state index in [1.807, 2.05) is 0 Å². The molecule has 4 rings (SSSR count). The van der Waals surface area contributed by atoms with Crippen molar-refractivity contribution in [3.05, 3.63) is 66.2 Å². The number of hydrogen-bond donors (Lipinski definition) is 6. The molecular weight excluding hydrogens is 514 g/mol. The van der Waals surface area contributed by atoms with Gasteiger partial charge in [-0.3, -0.25) is 28.7 Å². The van der Waals surface area contributed by atoms with Crippen molar-refractivity contribution in [2.45, 2.75) is 67.2 Å². The molecular formula is C19H20F2N4O12.